The van der Waals surface area contributed by atoms with E-state index in [0.29, 0.717) is 17.9 Å². The van der Waals surface area contributed by atoms with Crippen LogP contribution in [0.5, 0.6) is 0 Å². The number of allylic oxidation sites excluding steroid dienone is 6. The van der Waals surface area contributed by atoms with Crippen LogP contribution in [0.15, 0.2) is 77.8 Å². The van der Waals surface area contributed by atoms with Crippen molar-refractivity contribution in [1.29, 1.82) is 10.8 Å². The van der Waals surface area contributed by atoms with Gasteiger partial charge in [0.2, 0.25) is 0 Å². The molecule has 1 aliphatic rings. The van der Waals surface area contributed by atoms with Crippen molar-refractivity contribution in [2.24, 2.45) is 10.4 Å². The second-order valence-corrected chi connectivity index (χ2v) is 6.74. The number of hydrogen-bond acceptors (Lipinski definition) is 4. The van der Waals surface area contributed by atoms with E-state index in [4.69, 9.17) is 10.8 Å². The molecule has 0 aliphatic carbocycles. The van der Waals surface area contributed by atoms with Gasteiger partial charge in [0.1, 0.15) is 17.8 Å². The van der Waals surface area contributed by atoms with E-state index in [2.05, 4.69) is 28.8 Å². The minimum atomic E-state index is -1.03. The summed E-state index contributed by atoms with van der Waals surface area (Å²) in [5.41, 5.74) is 1.41. The van der Waals surface area contributed by atoms with E-state index in [1.165, 1.54) is 25.2 Å². The summed E-state index contributed by atoms with van der Waals surface area (Å²) in [6.45, 7) is 13.3. The Morgan fingerprint density at radius 2 is 2.07 bits per heavy atom. The molecular formula is C21H28FN5. The van der Waals surface area contributed by atoms with E-state index in [1.807, 2.05) is 19.9 Å². The van der Waals surface area contributed by atoms with E-state index in [1.54, 1.807) is 24.6 Å². The highest BCUT2D eigenvalue weighted by molar-refractivity contribution is 6.21. The predicted molar refractivity (Wildman–Crippen MR) is 113 cm³/mol. The highest BCUT2D eigenvalue weighted by Crippen LogP contribution is 2.27. The molecule has 1 atom stereocenters. The van der Waals surface area contributed by atoms with Crippen molar-refractivity contribution in [3.05, 3.63) is 72.8 Å². The molecule has 1 aliphatic heterocycles. The van der Waals surface area contributed by atoms with Crippen LogP contribution in [0.3, 0.4) is 0 Å². The minimum Gasteiger partial charge on any atom is -0.370 e. The standard InChI is InChI=1S/C21H28FN5/c1-6-7-18(9-8-15(2)22)21(4,5)14-27-20(24)11-10-19(23)17-12-25-16(3)26-13-17/h6-13,15,23,25H,1,3,14H2,2,4-5H3,(H2,24,27)/b9-8-,11-10-,18-7+,23-19?. The van der Waals surface area contributed by atoms with Gasteiger partial charge in [-0.1, -0.05) is 51.3 Å². The lowest BCUT2D eigenvalue weighted by Crippen LogP contribution is -2.33. The molecule has 144 valence electrons. The first kappa shape index (κ1) is 22.0. The topological polar surface area (TPSA) is 84.1 Å². The van der Waals surface area contributed by atoms with Crippen LogP contribution >= 0.6 is 0 Å². The van der Waals surface area contributed by atoms with Crippen molar-refractivity contribution in [2.75, 3.05) is 6.54 Å². The van der Waals surface area contributed by atoms with E-state index in [9.17, 15) is 4.39 Å². The Labute approximate surface area is 160 Å². The van der Waals surface area contributed by atoms with Crippen molar-refractivity contribution in [1.82, 2.24) is 10.6 Å². The first-order valence-electron chi connectivity index (χ1n) is 8.60. The van der Waals surface area contributed by atoms with Crippen LogP contribution in [0.1, 0.15) is 20.8 Å². The van der Waals surface area contributed by atoms with Crippen molar-refractivity contribution < 1.29 is 4.39 Å². The number of aliphatic imine (C=N–C) groups is 1. The summed E-state index contributed by atoms with van der Waals surface area (Å²) in [7, 11) is 0. The van der Waals surface area contributed by atoms with Crippen molar-refractivity contribution in [3.63, 3.8) is 0 Å². The molecule has 0 saturated heterocycles. The Kier molecular flexibility index (Phi) is 8.33. The van der Waals surface area contributed by atoms with Crippen LogP contribution in [0, 0.1) is 16.2 Å². The van der Waals surface area contributed by atoms with Crippen LogP contribution in [0.4, 0.5) is 4.39 Å². The number of nitrogens with zero attached hydrogens (tertiary/aromatic N) is 1. The molecule has 0 aromatic rings. The van der Waals surface area contributed by atoms with Gasteiger partial charge < -0.3 is 16.0 Å². The van der Waals surface area contributed by atoms with Gasteiger partial charge in [-0.3, -0.25) is 5.41 Å². The number of amidine groups is 1. The quantitative estimate of drug-likeness (QED) is 0.279. The van der Waals surface area contributed by atoms with E-state index < -0.39 is 6.17 Å². The lowest BCUT2D eigenvalue weighted by Gasteiger charge is -2.27. The maximum absolute atomic E-state index is 13.1. The molecule has 1 heterocycles. The van der Waals surface area contributed by atoms with E-state index in [0.717, 1.165) is 5.57 Å². The first-order chi connectivity index (χ1) is 12.7. The molecular weight excluding hydrogens is 341 g/mol. The van der Waals surface area contributed by atoms with Gasteiger partial charge in [-0.05, 0) is 24.6 Å². The second kappa shape index (κ2) is 10.2. The minimum absolute atomic E-state index is 0.180. The lowest BCUT2D eigenvalue weighted by molar-refractivity contribution is 0.426. The summed E-state index contributed by atoms with van der Waals surface area (Å²) >= 11 is 0. The molecule has 0 spiro atoms. The van der Waals surface area contributed by atoms with Crippen LogP contribution < -0.4 is 10.6 Å². The molecule has 27 heavy (non-hydrogen) atoms. The van der Waals surface area contributed by atoms with Gasteiger partial charge in [-0.2, -0.15) is 0 Å². The fourth-order valence-electron chi connectivity index (χ4n) is 2.14. The van der Waals surface area contributed by atoms with E-state index >= 15 is 0 Å². The third-order valence-electron chi connectivity index (χ3n) is 3.82. The molecule has 0 fully saturated rings. The van der Waals surface area contributed by atoms with Gasteiger partial charge in [-0.25, -0.2) is 9.38 Å². The second-order valence-electron chi connectivity index (χ2n) is 6.74. The summed E-state index contributed by atoms with van der Waals surface area (Å²) < 4.78 is 13.1. The molecule has 0 radical (unpaired) electrons. The smallest absolute Gasteiger partial charge is 0.122 e. The summed E-state index contributed by atoms with van der Waals surface area (Å²) in [5, 5.41) is 21.9. The maximum atomic E-state index is 13.1. The zero-order valence-electron chi connectivity index (χ0n) is 16.1. The Balaban J connectivity index is 2.67. The van der Waals surface area contributed by atoms with Crippen LogP contribution in [-0.4, -0.2) is 30.5 Å². The number of halogens is 1. The van der Waals surface area contributed by atoms with Crippen molar-refractivity contribution in [3.8, 4) is 0 Å². The largest absolute Gasteiger partial charge is 0.370 e. The number of nitrogens with one attached hydrogen (secondary N) is 4. The number of hydrogen-bond donors (Lipinski definition) is 4. The van der Waals surface area contributed by atoms with Gasteiger partial charge in [0.15, 0.2) is 0 Å². The van der Waals surface area contributed by atoms with Gasteiger partial charge in [0.25, 0.3) is 0 Å². The molecule has 0 aromatic carbocycles. The van der Waals surface area contributed by atoms with Gasteiger partial charge in [0.05, 0.1) is 5.71 Å². The van der Waals surface area contributed by atoms with E-state index in [-0.39, 0.29) is 17.0 Å². The zero-order chi connectivity index (χ0) is 20.4. The Morgan fingerprint density at radius 1 is 1.37 bits per heavy atom. The van der Waals surface area contributed by atoms with Gasteiger partial charge >= 0.3 is 0 Å². The van der Waals surface area contributed by atoms with Crippen LogP contribution in [0.2, 0.25) is 0 Å². The number of rotatable bonds is 9. The average molecular weight is 369 g/mol. The molecule has 0 bridgehead atoms. The molecule has 4 N–H and O–H groups in total. The van der Waals surface area contributed by atoms with Crippen molar-refractivity contribution >= 4 is 17.8 Å². The highest BCUT2D eigenvalue weighted by Gasteiger charge is 2.21. The first-order valence-corrected chi connectivity index (χ1v) is 8.60. The Bertz CT molecular complexity index is 749. The van der Waals surface area contributed by atoms with Crippen LogP contribution in [-0.2, 0) is 0 Å². The molecule has 0 saturated carbocycles. The van der Waals surface area contributed by atoms with Gasteiger partial charge in [0, 0.05) is 29.9 Å². The fourth-order valence-corrected chi connectivity index (χ4v) is 2.14. The highest BCUT2D eigenvalue weighted by atomic mass is 19.1. The molecule has 1 unspecified atom stereocenters. The number of alkyl halides is 1. The molecule has 6 heteroatoms. The zero-order valence-corrected chi connectivity index (χ0v) is 16.1. The SMILES string of the molecule is C=C/C=C(\C=C/C(C)F)C(C)(C)CNC(=N)/C=C\C(=N)C1=CNC(=C)N=C1. The maximum Gasteiger partial charge on any atom is 0.122 e. The summed E-state index contributed by atoms with van der Waals surface area (Å²) in [5.74, 6) is 0.700. The average Bonchev–Trinajstić information content (AvgIpc) is 2.61. The third kappa shape index (κ3) is 7.81. The molecule has 0 amide bonds. The molecule has 0 aromatic heterocycles. The Morgan fingerprint density at radius 3 is 2.63 bits per heavy atom. The third-order valence-corrected chi connectivity index (χ3v) is 3.82. The summed E-state index contributed by atoms with van der Waals surface area (Å²) in [4.78, 5) is 4.00. The fraction of sp³-hybridized carbons (Fsp3) is 0.286. The van der Waals surface area contributed by atoms with Crippen molar-refractivity contribution in [2.45, 2.75) is 26.9 Å². The summed E-state index contributed by atoms with van der Waals surface area (Å²) in [6.07, 6.45) is 12.0. The Hall–Kier alpha value is -3.02. The van der Waals surface area contributed by atoms with Crippen LogP contribution in [0.25, 0.3) is 0 Å². The van der Waals surface area contributed by atoms with Gasteiger partial charge in [-0.15, -0.1) is 0 Å². The lowest BCUT2D eigenvalue weighted by atomic mass is 9.83. The summed E-state index contributed by atoms with van der Waals surface area (Å²) in [6, 6.07) is 0. The predicted octanol–water partition coefficient (Wildman–Crippen LogP) is 4.21. The molecule has 1 rings (SSSR count). The normalized spacial score (nSPS) is 16.2. The monoisotopic (exact) mass is 369 g/mol. The molecule has 5 nitrogen and oxygen atoms in total.